The van der Waals surface area contributed by atoms with Crippen LogP contribution < -0.4 is 10.2 Å². The van der Waals surface area contributed by atoms with Crippen molar-refractivity contribution in [2.45, 2.75) is 24.5 Å². The minimum Gasteiger partial charge on any atom is -0.478 e. The van der Waals surface area contributed by atoms with E-state index < -0.39 is 33.3 Å². The van der Waals surface area contributed by atoms with E-state index >= 15 is 0 Å². The Labute approximate surface area is 209 Å². The van der Waals surface area contributed by atoms with Crippen molar-refractivity contribution in [2.75, 3.05) is 4.31 Å². The number of carboxylic acid groups (broad SMARTS) is 1. The second kappa shape index (κ2) is 10.9. The summed E-state index contributed by atoms with van der Waals surface area (Å²) in [5.41, 5.74) is -0.709. The Morgan fingerprint density at radius 2 is 1.73 bits per heavy atom. The summed E-state index contributed by atoms with van der Waals surface area (Å²) in [6, 6.07) is 11.7. The monoisotopic (exact) mass is 534 g/mol. The van der Waals surface area contributed by atoms with Gasteiger partial charge in [0.05, 0.1) is 28.2 Å². The van der Waals surface area contributed by atoms with E-state index in [1.54, 1.807) is 31.2 Å². The van der Waals surface area contributed by atoms with Gasteiger partial charge in [-0.25, -0.2) is 19.1 Å². The lowest BCUT2D eigenvalue weighted by Crippen LogP contribution is -2.32. The second-order valence-electron chi connectivity index (χ2n) is 7.74. The van der Waals surface area contributed by atoms with E-state index in [-0.39, 0.29) is 28.0 Å². The summed E-state index contributed by atoms with van der Waals surface area (Å²) in [6.07, 6.45) is -0.888. The van der Waals surface area contributed by atoms with Crippen molar-refractivity contribution in [3.8, 4) is 0 Å². The SMILES string of the molecule is Cc1ccc(S(=O)(=O)N(Cc2cccnc2)c2c(C(=O)O)cnc3cc(C(F)(F)F)ccc23)cc1.NO. The first-order valence-electron chi connectivity index (χ1n) is 10.5. The summed E-state index contributed by atoms with van der Waals surface area (Å²) in [5, 5.41) is 16.3. The summed E-state index contributed by atoms with van der Waals surface area (Å²) in [7, 11) is -4.36. The molecule has 4 N–H and O–H groups in total. The van der Waals surface area contributed by atoms with E-state index in [1.165, 1.54) is 24.5 Å². The van der Waals surface area contributed by atoms with Crippen molar-refractivity contribution in [3.63, 3.8) is 0 Å². The lowest BCUT2D eigenvalue weighted by atomic mass is 10.1. The predicted octanol–water partition coefficient (Wildman–Crippen LogP) is 4.39. The van der Waals surface area contributed by atoms with E-state index in [9.17, 15) is 31.5 Å². The molecule has 0 amide bonds. The first-order chi connectivity index (χ1) is 17.5. The molecular formula is C24H21F3N4O5S. The lowest BCUT2D eigenvalue weighted by Gasteiger charge is -2.27. The molecule has 0 aliphatic rings. The van der Waals surface area contributed by atoms with Crippen LogP contribution in [0.15, 0.2) is 78.1 Å². The van der Waals surface area contributed by atoms with Gasteiger partial charge < -0.3 is 10.3 Å². The summed E-state index contributed by atoms with van der Waals surface area (Å²) in [4.78, 5) is 19.9. The third kappa shape index (κ3) is 5.85. The van der Waals surface area contributed by atoms with Gasteiger partial charge in [-0.05, 0) is 42.8 Å². The molecule has 13 heteroatoms. The Hall–Kier alpha value is -4.07. The maximum Gasteiger partial charge on any atom is 0.416 e. The molecule has 4 rings (SSSR count). The molecule has 0 spiro atoms. The fourth-order valence-electron chi connectivity index (χ4n) is 3.56. The van der Waals surface area contributed by atoms with Gasteiger partial charge in [-0.15, -0.1) is 0 Å². The topological polar surface area (TPSA) is 147 Å². The van der Waals surface area contributed by atoms with Gasteiger partial charge in [0.15, 0.2) is 0 Å². The zero-order valence-electron chi connectivity index (χ0n) is 19.2. The number of fused-ring (bicyclic) bond motifs is 1. The van der Waals surface area contributed by atoms with Crippen molar-refractivity contribution in [1.82, 2.24) is 9.97 Å². The van der Waals surface area contributed by atoms with Crippen molar-refractivity contribution in [3.05, 3.63) is 95.4 Å². The molecule has 0 saturated heterocycles. The van der Waals surface area contributed by atoms with Crippen molar-refractivity contribution in [1.29, 1.82) is 0 Å². The normalized spacial score (nSPS) is 11.5. The van der Waals surface area contributed by atoms with Crippen LogP contribution in [0, 0.1) is 6.92 Å². The lowest BCUT2D eigenvalue weighted by molar-refractivity contribution is -0.137. The molecule has 0 aliphatic carbocycles. The molecule has 37 heavy (non-hydrogen) atoms. The van der Waals surface area contributed by atoms with Gasteiger partial charge in [0.2, 0.25) is 0 Å². The maximum atomic E-state index is 13.8. The van der Waals surface area contributed by atoms with E-state index in [0.29, 0.717) is 5.56 Å². The zero-order chi connectivity index (χ0) is 27.4. The first kappa shape index (κ1) is 27.5. The molecule has 0 atom stereocenters. The number of nitrogens with zero attached hydrogens (tertiary/aromatic N) is 3. The molecule has 2 aromatic heterocycles. The molecular weight excluding hydrogens is 513 g/mol. The van der Waals surface area contributed by atoms with Crippen LogP contribution >= 0.6 is 0 Å². The van der Waals surface area contributed by atoms with Crippen LogP contribution in [0.2, 0.25) is 0 Å². The Bertz CT molecular complexity index is 1510. The fraction of sp³-hybridized carbons (Fsp3) is 0.125. The Morgan fingerprint density at radius 1 is 1.05 bits per heavy atom. The quantitative estimate of drug-likeness (QED) is 0.309. The number of aromatic nitrogens is 2. The number of sulfonamides is 1. The van der Waals surface area contributed by atoms with Gasteiger partial charge in [0.1, 0.15) is 5.56 Å². The highest BCUT2D eigenvalue weighted by Gasteiger charge is 2.34. The third-order valence-electron chi connectivity index (χ3n) is 5.31. The number of nitrogens with two attached hydrogens (primary N) is 1. The summed E-state index contributed by atoms with van der Waals surface area (Å²) < 4.78 is 68.3. The molecule has 9 nitrogen and oxygen atoms in total. The molecule has 2 heterocycles. The average Bonchev–Trinajstić information content (AvgIpc) is 2.87. The molecule has 0 unspecified atom stereocenters. The van der Waals surface area contributed by atoms with Crippen molar-refractivity contribution < 1.29 is 36.7 Å². The minimum atomic E-state index is -4.66. The number of aryl methyl sites for hydroxylation is 1. The van der Waals surface area contributed by atoms with Gasteiger partial charge in [0.25, 0.3) is 10.0 Å². The van der Waals surface area contributed by atoms with Crippen molar-refractivity contribution >= 4 is 32.6 Å². The van der Waals surface area contributed by atoms with Crippen LogP contribution in [0.1, 0.15) is 27.0 Å². The first-order valence-corrected chi connectivity index (χ1v) is 11.9. The number of hydrogen-bond acceptors (Lipinski definition) is 7. The Balaban J connectivity index is 0.00000186. The number of alkyl halides is 3. The number of carboxylic acids is 1. The highest BCUT2D eigenvalue weighted by molar-refractivity contribution is 7.92. The number of anilines is 1. The number of aromatic carboxylic acids is 1. The van der Waals surface area contributed by atoms with E-state index in [2.05, 4.69) is 15.9 Å². The number of halogens is 3. The number of rotatable bonds is 6. The van der Waals surface area contributed by atoms with Gasteiger partial charge in [-0.3, -0.25) is 14.3 Å². The van der Waals surface area contributed by atoms with Gasteiger partial charge in [-0.1, -0.05) is 29.8 Å². The average molecular weight is 535 g/mol. The summed E-state index contributed by atoms with van der Waals surface area (Å²) in [5.74, 6) is 2.02. The number of benzene rings is 2. The summed E-state index contributed by atoms with van der Waals surface area (Å²) >= 11 is 0. The van der Waals surface area contributed by atoms with Gasteiger partial charge in [-0.2, -0.15) is 13.2 Å². The van der Waals surface area contributed by atoms with E-state index in [4.69, 9.17) is 5.21 Å². The van der Waals surface area contributed by atoms with Gasteiger partial charge >= 0.3 is 12.1 Å². The smallest absolute Gasteiger partial charge is 0.416 e. The predicted molar refractivity (Wildman–Crippen MR) is 128 cm³/mol. The molecule has 4 aromatic rings. The minimum absolute atomic E-state index is 0.0579. The van der Waals surface area contributed by atoms with Crippen molar-refractivity contribution in [2.24, 2.45) is 5.90 Å². The fourth-order valence-corrected chi connectivity index (χ4v) is 5.05. The van der Waals surface area contributed by atoms with Crippen LogP contribution in [-0.2, 0) is 22.7 Å². The van der Waals surface area contributed by atoms with Gasteiger partial charge in [0, 0.05) is 24.0 Å². The summed E-state index contributed by atoms with van der Waals surface area (Å²) in [6.45, 7) is 1.46. The second-order valence-corrected chi connectivity index (χ2v) is 9.60. The van der Waals surface area contributed by atoms with Crippen LogP contribution in [0.5, 0.6) is 0 Å². The van der Waals surface area contributed by atoms with E-state index in [0.717, 1.165) is 34.3 Å². The number of hydrogen-bond donors (Lipinski definition) is 3. The van der Waals surface area contributed by atoms with Crippen LogP contribution in [-0.4, -0.2) is 34.7 Å². The van der Waals surface area contributed by atoms with Crippen LogP contribution in [0.3, 0.4) is 0 Å². The number of pyridine rings is 2. The molecule has 2 aromatic carbocycles. The molecule has 0 radical (unpaired) electrons. The molecule has 0 aliphatic heterocycles. The van der Waals surface area contributed by atoms with Crippen LogP contribution in [0.25, 0.3) is 10.9 Å². The van der Waals surface area contributed by atoms with Crippen LogP contribution in [0.4, 0.5) is 18.9 Å². The largest absolute Gasteiger partial charge is 0.478 e. The highest BCUT2D eigenvalue weighted by Crippen LogP contribution is 2.38. The molecule has 0 fully saturated rings. The highest BCUT2D eigenvalue weighted by atomic mass is 32.2. The van der Waals surface area contributed by atoms with E-state index in [1.807, 2.05) is 0 Å². The third-order valence-corrected chi connectivity index (χ3v) is 7.07. The standard InChI is InChI=1S/C24H18F3N3O4S.H3NO/c1-15-4-7-18(8-5-15)35(33,34)30(14-16-3-2-10-28-12-16)22-19-9-6-17(24(25,26)27)11-21(19)29-13-20(22)23(31)32;1-2/h2-13H,14H2,1H3,(H,31,32);2H,1H2. The molecule has 0 saturated carbocycles. The molecule has 0 bridgehead atoms. The number of carbonyl (C=O) groups is 1. The maximum absolute atomic E-state index is 13.8. The zero-order valence-corrected chi connectivity index (χ0v) is 20.0. The molecule has 194 valence electrons. The Kier molecular flexibility index (Phi) is 8.11. The Morgan fingerprint density at radius 3 is 2.30 bits per heavy atom.